The summed E-state index contributed by atoms with van der Waals surface area (Å²) in [7, 11) is -32.8. The second-order valence-electron chi connectivity index (χ2n) is 18.3. The van der Waals surface area contributed by atoms with E-state index in [-0.39, 0.29) is 82.8 Å². The van der Waals surface area contributed by atoms with Gasteiger partial charge in [-0.1, -0.05) is 57.1 Å². The van der Waals surface area contributed by atoms with Gasteiger partial charge in [-0.15, -0.1) is 0 Å². The number of nitrogens with zero attached hydrogens (tertiary/aromatic N) is 1. The van der Waals surface area contributed by atoms with Gasteiger partial charge in [-0.2, -0.15) is 25.9 Å². The van der Waals surface area contributed by atoms with Crippen LogP contribution in [0.5, 0.6) is 11.5 Å². The average Bonchev–Trinajstić information content (AvgIpc) is 3.28. The van der Waals surface area contributed by atoms with Gasteiger partial charge >= 0.3 is 21.9 Å². The molecular formula is C49H48F4N2O15S6. The Morgan fingerprint density at radius 2 is 1.41 bits per heavy atom. The Hall–Kier alpha value is -5.81. The fourth-order valence-corrected chi connectivity index (χ4v) is 20.4. The van der Waals surface area contributed by atoms with E-state index < -0.39 is 91.3 Å². The van der Waals surface area contributed by atoms with Gasteiger partial charge in [-0.05, 0) is 147 Å². The number of halogens is 4. The SMILES string of the molecule is C=C(C)C(=O)OC1CCN(S(=O)(=O)c2ccccc2C2=c3cc/c(=C\c4c(C)ccc(S(=O)(=O)NS(=O)(=O)F)c4C)cc3Oc3cc(Cc4c(C)cc(S(=O)(=O)C(S(C)(=O)=O)S(=O)(=O)C(F)(F)F)cc4C)ccc32)CC1. The molecule has 0 bridgehead atoms. The van der Waals surface area contributed by atoms with Crippen molar-refractivity contribution in [3.05, 3.63) is 158 Å². The number of ether oxygens (including phenoxy) is 2. The molecule has 2 heterocycles. The lowest BCUT2D eigenvalue weighted by Gasteiger charge is -2.32. The Morgan fingerprint density at radius 3 is 1.99 bits per heavy atom. The summed E-state index contributed by atoms with van der Waals surface area (Å²) in [4.78, 5) is 10.6. The first-order valence-corrected chi connectivity index (χ1v) is 31.9. The van der Waals surface area contributed by atoms with Gasteiger partial charge in [0.2, 0.25) is 19.9 Å². The van der Waals surface area contributed by atoms with E-state index in [2.05, 4.69) is 6.58 Å². The number of sulfonamides is 2. The van der Waals surface area contributed by atoms with Gasteiger partial charge in [-0.3, -0.25) is 0 Å². The monoisotopic (exact) mass is 1170 g/mol. The molecule has 0 radical (unpaired) electrons. The van der Waals surface area contributed by atoms with Crippen LogP contribution in [0.25, 0.3) is 11.6 Å². The molecule has 0 aromatic heterocycles. The fourth-order valence-electron chi connectivity index (χ4n) is 9.07. The van der Waals surface area contributed by atoms with Crippen LogP contribution in [0.4, 0.5) is 17.1 Å². The Labute approximate surface area is 437 Å². The number of nitrogens with one attached hydrogen (secondary N) is 1. The average molecular weight is 1170 g/mol. The van der Waals surface area contributed by atoms with Crippen molar-refractivity contribution in [3.63, 3.8) is 0 Å². The highest BCUT2D eigenvalue weighted by atomic mass is 32.3. The zero-order chi connectivity index (χ0) is 56.5. The van der Waals surface area contributed by atoms with Crippen molar-refractivity contribution < 1.29 is 81.8 Å². The molecule has 0 aliphatic carbocycles. The molecule has 408 valence electrons. The fraction of sp³-hybridized carbons (Fsp3) is 0.286. The number of carbonyl (C=O) groups excluding carboxylic acids is 1. The number of fused-ring (bicyclic) bond motifs is 2. The molecule has 1 fully saturated rings. The van der Waals surface area contributed by atoms with Gasteiger partial charge < -0.3 is 9.47 Å². The summed E-state index contributed by atoms with van der Waals surface area (Å²) in [6, 6.07) is 20.3. The summed E-state index contributed by atoms with van der Waals surface area (Å²) in [5, 5.41) is 0.805. The molecule has 2 aliphatic rings. The molecule has 5 aromatic carbocycles. The summed E-state index contributed by atoms with van der Waals surface area (Å²) < 4.78 is 220. The maximum absolute atomic E-state index is 14.7. The molecule has 1 unspecified atom stereocenters. The predicted octanol–water partition coefficient (Wildman–Crippen LogP) is 5.49. The number of aryl methyl sites for hydroxylation is 3. The van der Waals surface area contributed by atoms with Crippen molar-refractivity contribution in [2.75, 3.05) is 19.3 Å². The number of hydrogen-bond acceptors (Lipinski definition) is 15. The summed E-state index contributed by atoms with van der Waals surface area (Å²) in [6.07, 6.45) is 1.49. The second kappa shape index (κ2) is 20.5. The number of hydrogen-bond donors (Lipinski definition) is 1. The summed E-state index contributed by atoms with van der Waals surface area (Å²) in [6.45, 7) is 11.0. The van der Waals surface area contributed by atoms with Gasteiger partial charge in [-0.25, -0.2) is 46.9 Å². The zero-order valence-corrected chi connectivity index (χ0v) is 46.0. The lowest BCUT2D eigenvalue weighted by Crippen LogP contribution is -2.44. The molecule has 0 amide bonds. The largest absolute Gasteiger partial charge is 0.499 e. The van der Waals surface area contributed by atoms with Gasteiger partial charge in [0.05, 0.1) is 14.7 Å². The maximum Gasteiger partial charge on any atom is 0.499 e. The third kappa shape index (κ3) is 11.6. The zero-order valence-electron chi connectivity index (χ0n) is 41.1. The molecule has 0 spiro atoms. The van der Waals surface area contributed by atoms with E-state index in [4.69, 9.17) is 9.47 Å². The first kappa shape index (κ1) is 57.9. The van der Waals surface area contributed by atoms with Crippen molar-refractivity contribution in [3.8, 4) is 11.5 Å². The van der Waals surface area contributed by atoms with Gasteiger partial charge in [0, 0.05) is 46.8 Å². The van der Waals surface area contributed by atoms with Crippen LogP contribution in [0.3, 0.4) is 0 Å². The molecule has 76 heavy (non-hydrogen) atoms. The van der Waals surface area contributed by atoms with E-state index >= 15 is 0 Å². The molecular weight excluding hydrogens is 1120 g/mol. The third-order valence-corrected chi connectivity index (χ3v) is 25.7. The van der Waals surface area contributed by atoms with E-state index in [0.717, 1.165) is 22.3 Å². The van der Waals surface area contributed by atoms with Crippen molar-refractivity contribution in [2.45, 2.75) is 84.1 Å². The molecule has 1 N–H and O–H groups in total. The van der Waals surface area contributed by atoms with E-state index in [1.807, 2.05) is 0 Å². The molecule has 7 rings (SSSR count). The Kier molecular flexibility index (Phi) is 15.6. The number of rotatable bonds is 15. The normalized spacial score (nSPS) is 15.9. The number of carbonyl (C=O) groups is 1. The maximum atomic E-state index is 14.7. The van der Waals surface area contributed by atoms with Crippen LogP contribution >= 0.6 is 0 Å². The van der Waals surface area contributed by atoms with Crippen molar-refractivity contribution >= 4 is 77.6 Å². The highest BCUT2D eigenvalue weighted by molar-refractivity contribution is 8.24. The molecule has 2 aliphatic heterocycles. The molecule has 5 aromatic rings. The van der Waals surface area contributed by atoms with E-state index in [0.29, 0.717) is 43.8 Å². The number of piperidine rings is 1. The Morgan fingerprint density at radius 1 is 0.789 bits per heavy atom. The third-order valence-electron chi connectivity index (χ3n) is 12.7. The van der Waals surface area contributed by atoms with E-state index in [1.165, 1.54) is 44.1 Å². The van der Waals surface area contributed by atoms with Crippen molar-refractivity contribution in [1.82, 2.24) is 8.43 Å². The first-order chi connectivity index (χ1) is 35.0. The standard InChI is InChI=1S/C49H48F4N2O15S6/c1-28(2)47(56)69-35-18-20-55(21-19-35)75(65,66)45-11-9-8-10-39(45)46-37-15-13-33(24-40-30(4)22-36(23-31(40)5)72(59,60)48(71(7,57)58)73(61,62)49(50,51)52)26-42(37)70-43-27-34(14-16-38(43)46)25-41-29(3)12-17-44(32(41)6)74(63,64)54-76(53,67)68/h8-17,22-23,25-27,35,48,54H,1,18-21,24H2,2-7H3/b34-25+. The van der Waals surface area contributed by atoms with Crippen LogP contribution in [-0.2, 0) is 75.9 Å². The van der Waals surface area contributed by atoms with Crippen LogP contribution in [-0.4, -0.2) is 95.7 Å². The smallest absolute Gasteiger partial charge is 0.459 e. The van der Waals surface area contributed by atoms with E-state index in [1.54, 1.807) is 67.6 Å². The van der Waals surface area contributed by atoms with Crippen LogP contribution in [0.2, 0.25) is 0 Å². The van der Waals surface area contributed by atoms with E-state index in [9.17, 15) is 72.4 Å². The number of esters is 1. The Bertz CT molecular complexity index is 4100. The van der Waals surface area contributed by atoms with Crippen molar-refractivity contribution in [1.29, 1.82) is 0 Å². The summed E-state index contributed by atoms with van der Waals surface area (Å²) in [5.41, 5.74) is -2.93. The van der Waals surface area contributed by atoms with Gasteiger partial charge in [0.25, 0.3) is 23.8 Å². The lowest BCUT2D eigenvalue weighted by molar-refractivity contribution is -0.145. The minimum atomic E-state index is -6.80. The minimum Gasteiger partial charge on any atom is -0.459 e. The van der Waals surface area contributed by atoms with Crippen LogP contribution in [0.1, 0.15) is 69.8 Å². The molecule has 1 atom stereocenters. The Balaban J connectivity index is 1.36. The minimum absolute atomic E-state index is 0.0106. The molecule has 0 saturated carbocycles. The lowest BCUT2D eigenvalue weighted by atomic mass is 9.90. The topological polar surface area (TPSA) is 256 Å². The summed E-state index contributed by atoms with van der Waals surface area (Å²) >= 11 is 0. The predicted molar refractivity (Wildman–Crippen MR) is 272 cm³/mol. The number of sulfone groups is 3. The summed E-state index contributed by atoms with van der Waals surface area (Å²) in [5.74, 6) is -0.257. The first-order valence-electron chi connectivity index (χ1n) is 22.5. The molecule has 1 saturated heterocycles. The van der Waals surface area contributed by atoms with Gasteiger partial charge in [0.1, 0.15) is 17.6 Å². The molecule has 27 heteroatoms. The highest BCUT2D eigenvalue weighted by Crippen LogP contribution is 2.41. The quantitative estimate of drug-likeness (QED) is 0.0577. The van der Waals surface area contributed by atoms with Gasteiger partial charge in [0.15, 0.2) is 9.84 Å². The number of benzene rings is 5. The second-order valence-corrected chi connectivity index (χ2v) is 30.3. The van der Waals surface area contributed by atoms with Crippen LogP contribution in [0, 0.1) is 27.7 Å². The van der Waals surface area contributed by atoms with Crippen LogP contribution < -0.4 is 19.3 Å². The number of alkyl halides is 3. The van der Waals surface area contributed by atoms with Crippen LogP contribution in [0.15, 0.2) is 112 Å². The molecule has 17 nitrogen and oxygen atoms in total. The highest BCUT2D eigenvalue weighted by Gasteiger charge is 2.60. The van der Waals surface area contributed by atoms with Crippen molar-refractivity contribution in [2.24, 2.45) is 0 Å².